The second-order valence-corrected chi connectivity index (χ2v) is 4.73. The molecule has 1 aliphatic heterocycles. The van der Waals surface area contributed by atoms with Gasteiger partial charge in [0.2, 0.25) is 0 Å². The first-order chi connectivity index (χ1) is 7.94. The molecule has 0 aromatic rings. The zero-order chi connectivity index (χ0) is 12.9. The Morgan fingerprint density at radius 2 is 2.24 bits per heavy atom. The lowest BCUT2D eigenvalue weighted by Gasteiger charge is -2.39. The van der Waals surface area contributed by atoms with Gasteiger partial charge in [-0.15, -0.1) is 0 Å². The van der Waals surface area contributed by atoms with Gasteiger partial charge in [0, 0.05) is 12.0 Å². The predicted octanol–water partition coefficient (Wildman–Crippen LogP) is 2.28. The van der Waals surface area contributed by atoms with E-state index in [0.717, 1.165) is 0 Å². The molecule has 1 heterocycles. The van der Waals surface area contributed by atoms with E-state index >= 15 is 0 Å². The van der Waals surface area contributed by atoms with E-state index in [4.69, 9.17) is 14.2 Å². The van der Waals surface area contributed by atoms with Crippen LogP contribution in [0, 0.1) is 5.92 Å². The fourth-order valence-corrected chi connectivity index (χ4v) is 1.72. The van der Waals surface area contributed by atoms with Gasteiger partial charge in [-0.3, -0.25) is 0 Å². The smallest absolute Gasteiger partial charge is 0.330 e. The SMILES string of the molecule is CCOC(=O)/C=C/C[C@H]1OC(C)(C)OC[C@H]1C. The second-order valence-electron chi connectivity index (χ2n) is 4.73. The molecule has 0 N–H and O–H groups in total. The normalized spacial score (nSPS) is 28.2. The van der Waals surface area contributed by atoms with Crippen molar-refractivity contribution in [3.05, 3.63) is 12.2 Å². The fourth-order valence-electron chi connectivity index (χ4n) is 1.72. The quantitative estimate of drug-likeness (QED) is 0.560. The molecule has 4 heteroatoms. The monoisotopic (exact) mass is 242 g/mol. The van der Waals surface area contributed by atoms with Gasteiger partial charge in [0.25, 0.3) is 0 Å². The highest BCUT2D eigenvalue weighted by Crippen LogP contribution is 2.27. The molecule has 1 aliphatic rings. The van der Waals surface area contributed by atoms with Gasteiger partial charge in [-0.2, -0.15) is 0 Å². The maximum atomic E-state index is 11.1. The number of rotatable bonds is 4. The Balaban J connectivity index is 2.42. The largest absolute Gasteiger partial charge is 0.463 e. The molecule has 0 radical (unpaired) electrons. The maximum absolute atomic E-state index is 11.1. The standard InChI is InChI=1S/C13H22O4/c1-5-15-12(14)8-6-7-11-10(2)9-16-13(3,4)17-11/h6,8,10-11H,5,7,9H2,1-4H3/b8-6+/t10-,11-/m1/s1. The lowest BCUT2D eigenvalue weighted by Crippen LogP contribution is -2.44. The van der Waals surface area contributed by atoms with Crippen molar-refractivity contribution in [3.8, 4) is 0 Å². The van der Waals surface area contributed by atoms with Crippen LogP contribution < -0.4 is 0 Å². The van der Waals surface area contributed by atoms with Gasteiger partial charge < -0.3 is 14.2 Å². The zero-order valence-corrected chi connectivity index (χ0v) is 11.1. The van der Waals surface area contributed by atoms with Crippen molar-refractivity contribution in [2.24, 2.45) is 5.92 Å². The molecular weight excluding hydrogens is 220 g/mol. The summed E-state index contributed by atoms with van der Waals surface area (Å²) < 4.78 is 16.1. The number of hydrogen-bond donors (Lipinski definition) is 0. The van der Waals surface area contributed by atoms with Crippen molar-refractivity contribution < 1.29 is 19.0 Å². The van der Waals surface area contributed by atoms with E-state index < -0.39 is 5.79 Å². The third-order valence-corrected chi connectivity index (χ3v) is 2.67. The highest BCUT2D eigenvalue weighted by Gasteiger charge is 2.33. The number of ether oxygens (including phenoxy) is 3. The van der Waals surface area contributed by atoms with Crippen molar-refractivity contribution in [2.45, 2.75) is 46.0 Å². The topological polar surface area (TPSA) is 44.8 Å². The summed E-state index contributed by atoms with van der Waals surface area (Å²) in [6, 6.07) is 0. The van der Waals surface area contributed by atoms with Crippen molar-refractivity contribution in [1.82, 2.24) is 0 Å². The third kappa shape index (κ3) is 4.88. The van der Waals surface area contributed by atoms with Gasteiger partial charge in [0.15, 0.2) is 5.79 Å². The van der Waals surface area contributed by atoms with Crippen molar-refractivity contribution in [1.29, 1.82) is 0 Å². The summed E-state index contributed by atoms with van der Waals surface area (Å²) in [6.45, 7) is 8.77. The molecule has 1 rings (SSSR count). The highest BCUT2D eigenvalue weighted by molar-refractivity contribution is 5.81. The first-order valence-electron chi connectivity index (χ1n) is 6.09. The van der Waals surface area contributed by atoms with E-state index in [9.17, 15) is 4.79 Å². The molecule has 0 bridgehead atoms. The van der Waals surface area contributed by atoms with Crippen LogP contribution in [0.4, 0.5) is 0 Å². The molecule has 4 nitrogen and oxygen atoms in total. The minimum atomic E-state index is -0.533. The number of carbonyl (C=O) groups is 1. The fraction of sp³-hybridized carbons (Fsp3) is 0.769. The molecular formula is C13H22O4. The molecule has 0 amide bonds. The molecule has 0 aliphatic carbocycles. The minimum Gasteiger partial charge on any atom is -0.463 e. The molecule has 1 saturated heterocycles. The van der Waals surface area contributed by atoms with E-state index in [1.807, 2.05) is 13.8 Å². The van der Waals surface area contributed by atoms with E-state index in [2.05, 4.69) is 6.92 Å². The van der Waals surface area contributed by atoms with E-state index in [0.29, 0.717) is 25.6 Å². The molecule has 0 aromatic carbocycles. The molecule has 1 fully saturated rings. The van der Waals surface area contributed by atoms with Gasteiger partial charge in [-0.1, -0.05) is 13.0 Å². The summed E-state index contributed by atoms with van der Waals surface area (Å²) >= 11 is 0. The Morgan fingerprint density at radius 3 is 2.88 bits per heavy atom. The van der Waals surface area contributed by atoms with Crippen LogP contribution in [0.2, 0.25) is 0 Å². The Bertz CT molecular complexity index is 283. The molecule has 0 saturated carbocycles. The lowest BCUT2D eigenvalue weighted by atomic mass is 10.0. The van der Waals surface area contributed by atoms with Crippen LogP contribution in [-0.4, -0.2) is 31.1 Å². The molecule has 0 spiro atoms. The summed E-state index contributed by atoms with van der Waals surface area (Å²) in [6.07, 6.45) is 4.06. The Hall–Kier alpha value is -0.870. The molecule has 0 aromatic heterocycles. The van der Waals surface area contributed by atoms with Gasteiger partial charge in [0.05, 0.1) is 19.3 Å². The van der Waals surface area contributed by atoms with Crippen LogP contribution in [0.25, 0.3) is 0 Å². The van der Waals surface area contributed by atoms with Crippen LogP contribution in [0.5, 0.6) is 0 Å². The van der Waals surface area contributed by atoms with E-state index in [-0.39, 0.29) is 12.1 Å². The molecule has 0 unspecified atom stereocenters. The molecule has 98 valence electrons. The minimum absolute atomic E-state index is 0.0874. The Labute approximate surface area is 103 Å². The first-order valence-corrected chi connectivity index (χ1v) is 6.09. The molecule has 17 heavy (non-hydrogen) atoms. The lowest BCUT2D eigenvalue weighted by molar-refractivity contribution is -0.289. The van der Waals surface area contributed by atoms with Crippen LogP contribution >= 0.6 is 0 Å². The van der Waals surface area contributed by atoms with Gasteiger partial charge in [-0.05, 0) is 27.2 Å². The number of esters is 1. The van der Waals surface area contributed by atoms with Crippen molar-refractivity contribution in [3.63, 3.8) is 0 Å². The number of carbonyl (C=O) groups excluding carboxylic acids is 1. The number of hydrogen-bond acceptors (Lipinski definition) is 4. The third-order valence-electron chi connectivity index (χ3n) is 2.67. The molecule has 2 atom stereocenters. The Kier molecular flexibility index (Phi) is 5.15. The second kappa shape index (κ2) is 6.17. The van der Waals surface area contributed by atoms with E-state index in [1.165, 1.54) is 6.08 Å². The van der Waals surface area contributed by atoms with Gasteiger partial charge in [-0.25, -0.2) is 4.79 Å². The maximum Gasteiger partial charge on any atom is 0.330 e. The highest BCUT2D eigenvalue weighted by atomic mass is 16.7. The Morgan fingerprint density at radius 1 is 1.53 bits per heavy atom. The summed E-state index contributed by atoms with van der Waals surface area (Å²) in [5, 5.41) is 0. The van der Waals surface area contributed by atoms with Crippen LogP contribution in [0.1, 0.15) is 34.1 Å². The summed E-state index contributed by atoms with van der Waals surface area (Å²) in [5.41, 5.74) is 0. The zero-order valence-electron chi connectivity index (χ0n) is 11.1. The van der Waals surface area contributed by atoms with Gasteiger partial charge >= 0.3 is 5.97 Å². The van der Waals surface area contributed by atoms with Crippen molar-refractivity contribution >= 4 is 5.97 Å². The summed E-state index contributed by atoms with van der Waals surface area (Å²) in [7, 11) is 0. The predicted molar refractivity (Wildman–Crippen MR) is 64.5 cm³/mol. The van der Waals surface area contributed by atoms with Crippen LogP contribution in [0.15, 0.2) is 12.2 Å². The average Bonchev–Trinajstić information content (AvgIpc) is 2.23. The van der Waals surface area contributed by atoms with Crippen LogP contribution in [0.3, 0.4) is 0 Å². The summed E-state index contributed by atoms with van der Waals surface area (Å²) in [4.78, 5) is 11.1. The van der Waals surface area contributed by atoms with Crippen LogP contribution in [-0.2, 0) is 19.0 Å². The van der Waals surface area contributed by atoms with Gasteiger partial charge in [0.1, 0.15) is 0 Å². The first kappa shape index (κ1) is 14.2. The average molecular weight is 242 g/mol. The van der Waals surface area contributed by atoms with Crippen molar-refractivity contribution in [2.75, 3.05) is 13.2 Å². The van der Waals surface area contributed by atoms with E-state index in [1.54, 1.807) is 13.0 Å². The summed E-state index contributed by atoms with van der Waals surface area (Å²) in [5.74, 6) is -0.504.